The first-order chi connectivity index (χ1) is 12.2. The Hall–Kier alpha value is -2.89. The van der Waals surface area contributed by atoms with Gasteiger partial charge in [-0.3, -0.25) is 10.3 Å². The third-order valence-electron chi connectivity index (χ3n) is 5.09. The smallest absolute Gasteiger partial charge is 0.250 e. The second kappa shape index (κ2) is 5.31. The van der Waals surface area contributed by atoms with E-state index in [0.717, 1.165) is 30.8 Å². The largest absolute Gasteiger partial charge is 0.325 e. The van der Waals surface area contributed by atoms with E-state index in [0.29, 0.717) is 18.3 Å². The van der Waals surface area contributed by atoms with Crippen LogP contribution >= 0.6 is 0 Å². The van der Waals surface area contributed by atoms with Gasteiger partial charge in [0.2, 0.25) is 0 Å². The number of amidine groups is 1. The summed E-state index contributed by atoms with van der Waals surface area (Å²) in [4.78, 5) is 8.77. The fourth-order valence-corrected chi connectivity index (χ4v) is 3.92. The van der Waals surface area contributed by atoms with E-state index in [-0.39, 0.29) is 5.82 Å². The van der Waals surface area contributed by atoms with Crippen LogP contribution in [0, 0.1) is 12.7 Å². The molecule has 0 amide bonds. The number of fused-ring (bicyclic) bond motifs is 4. The van der Waals surface area contributed by atoms with E-state index in [1.807, 2.05) is 6.07 Å². The van der Waals surface area contributed by atoms with Crippen molar-refractivity contribution in [3.05, 3.63) is 58.9 Å². The third-order valence-corrected chi connectivity index (χ3v) is 5.09. The summed E-state index contributed by atoms with van der Waals surface area (Å²) < 4.78 is 14.6. The molecule has 2 aromatic rings. The lowest BCUT2D eigenvalue weighted by molar-refractivity contribution is 0.624. The minimum atomic E-state index is -0.247. The van der Waals surface area contributed by atoms with Crippen LogP contribution < -0.4 is 15.2 Å². The Kier molecular flexibility index (Phi) is 3.07. The number of aryl methyl sites for hydroxylation is 1. The maximum absolute atomic E-state index is 14.6. The number of aliphatic imine (C=N–C) groups is 1. The molecule has 25 heavy (non-hydrogen) atoms. The molecule has 0 atom stereocenters. The van der Waals surface area contributed by atoms with Crippen LogP contribution in [0.2, 0.25) is 0 Å². The van der Waals surface area contributed by atoms with Crippen molar-refractivity contribution < 1.29 is 4.39 Å². The second-order valence-corrected chi connectivity index (χ2v) is 6.56. The monoisotopic (exact) mass is 335 g/mol. The molecule has 0 saturated carbocycles. The van der Waals surface area contributed by atoms with E-state index in [1.165, 1.54) is 22.9 Å². The number of hydrogen-bond acceptors (Lipinski definition) is 5. The van der Waals surface area contributed by atoms with Crippen LogP contribution in [0.25, 0.3) is 0 Å². The molecule has 0 aliphatic carbocycles. The van der Waals surface area contributed by atoms with E-state index in [1.54, 1.807) is 11.0 Å². The minimum Gasteiger partial charge on any atom is -0.325 e. The Morgan fingerprint density at radius 1 is 1.12 bits per heavy atom. The number of anilines is 2. The van der Waals surface area contributed by atoms with Crippen LogP contribution in [0.15, 0.2) is 46.5 Å². The number of nitrogens with zero attached hydrogens (tertiary/aromatic N) is 4. The number of halogens is 1. The highest BCUT2D eigenvalue weighted by atomic mass is 19.1. The molecule has 3 aliphatic rings. The molecule has 0 fully saturated rings. The van der Waals surface area contributed by atoms with Crippen LogP contribution in [-0.4, -0.2) is 25.0 Å². The molecule has 126 valence electrons. The van der Waals surface area contributed by atoms with Gasteiger partial charge in [-0.2, -0.15) is 4.99 Å². The van der Waals surface area contributed by atoms with Crippen LogP contribution in [0.1, 0.15) is 23.1 Å². The predicted octanol–water partition coefficient (Wildman–Crippen LogP) is 2.99. The maximum atomic E-state index is 14.6. The first-order valence-corrected chi connectivity index (χ1v) is 8.56. The molecule has 5 rings (SSSR count). The number of benzene rings is 2. The van der Waals surface area contributed by atoms with Gasteiger partial charge in [0, 0.05) is 17.8 Å². The van der Waals surface area contributed by atoms with Crippen molar-refractivity contribution >= 4 is 23.2 Å². The van der Waals surface area contributed by atoms with Gasteiger partial charge < -0.3 is 4.90 Å². The molecule has 0 radical (unpaired) electrons. The molecule has 3 heterocycles. The summed E-state index contributed by atoms with van der Waals surface area (Å²) in [6.45, 7) is 3.45. The Morgan fingerprint density at radius 3 is 2.92 bits per heavy atom. The maximum Gasteiger partial charge on any atom is 0.250 e. The Bertz CT molecular complexity index is 933. The number of hydrazone groups is 1. The van der Waals surface area contributed by atoms with Crippen molar-refractivity contribution in [2.24, 2.45) is 10.1 Å². The summed E-state index contributed by atoms with van der Waals surface area (Å²) in [5.74, 6) is 1.05. The predicted molar refractivity (Wildman–Crippen MR) is 97.7 cm³/mol. The summed E-state index contributed by atoms with van der Waals surface area (Å²) in [5.41, 5.74) is 8.08. The molecular formula is C19H18FN5. The Morgan fingerprint density at radius 2 is 2.00 bits per heavy atom. The first kappa shape index (κ1) is 14.5. The fraction of sp³-hybridized carbons (Fsp3) is 0.263. The van der Waals surface area contributed by atoms with Gasteiger partial charge in [-0.1, -0.05) is 18.2 Å². The summed E-state index contributed by atoms with van der Waals surface area (Å²) in [6.07, 6.45) is 2.12. The average molecular weight is 335 g/mol. The molecule has 0 spiro atoms. The molecule has 5 nitrogen and oxygen atoms in total. The highest BCUT2D eigenvalue weighted by molar-refractivity contribution is 6.23. The number of rotatable bonds is 0. The average Bonchev–Trinajstić information content (AvgIpc) is 3.09. The Labute approximate surface area is 145 Å². The molecule has 1 N–H and O–H groups in total. The first-order valence-electron chi connectivity index (χ1n) is 8.56. The minimum absolute atomic E-state index is 0.247. The molecule has 2 aromatic carbocycles. The standard InChI is InChI=1S/C19H18FN5/c1-12-5-2-9-16-13(12)7-4-10-24(16)18-14-6-3-8-15(20)17(14)25-11-21-23-19(25)22-18/h2-3,5-6,8-9,21H,4,7,10-11H2,1H3. The molecule has 6 heteroatoms. The number of guanidine groups is 1. The number of nitrogens with one attached hydrogen (secondary N) is 1. The van der Waals surface area contributed by atoms with Crippen molar-refractivity contribution in [3.8, 4) is 0 Å². The van der Waals surface area contributed by atoms with Gasteiger partial charge in [0.05, 0.1) is 5.69 Å². The van der Waals surface area contributed by atoms with Gasteiger partial charge in [-0.15, -0.1) is 5.10 Å². The van der Waals surface area contributed by atoms with E-state index < -0.39 is 0 Å². The van der Waals surface area contributed by atoms with Crippen molar-refractivity contribution in [1.29, 1.82) is 0 Å². The van der Waals surface area contributed by atoms with E-state index >= 15 is 0 Å². The van der Waals surface area contributed by atoms with Gasteiger partial charge in [0.15, 0.2) is 0 Å². The van der Waals surface area contributed by atoms with E-state index in [4.69, 9.17) is 4.99 Å². The van der Waals surface area contributed by atoms with Crippen LogP contribution in [-0.2, 0) is 6.42 Å². The molecule has 3 aliphatic heterocycles. The summed E-state index contributed by atoms with van der Waals surface area (Å²) in [7, 11) is 0. The van der Waals surface area contributed by atoms with Gasteiger partial charge in [-0.25, -0.2) is 4.39 Å². The van der Waals surface area contributed by atoms with Crippen molar-refractivity contribution in [3.63, 3.8) is 0 Å². The number of para-hydroxylation sites is 1. The van der Waals surface area contributed by atoms with Crippen LogP contribution in [0.4, 0.5) is 15.8 Å². The quantitative estimate of drug-likeness (QED) is 0.805. The van der Waals surface area contributed by atoms with Crippen molar-refractivity contribution in [1.82, 2.24) is 5.43 Å². The van der Waals surface area contributed by atoms with Crippen LogP contribution in [0.3, 0.4) is 0 Å². The van der Waals surface area contributed by atoms with Gasteiger partial charge in [-0.05, 0) is 49.1 Å². The van der Waals surface area contributed by atoms with Gasteiger partial charge >= 0.3 is 0 Å². The summed E-state index contributed by atoms with van der Waals surface area (Å²) in [5, 5.41) is 4.23. The molecule has 0 unspecified atom stereocenters. The lowest BCUT2D eigenvalue weighted by Crippen LogP contribution is -2.43. The van der Waals surface area contributed by atoms with Crippen molar-refractivity contribution in [2.75, 3.05) is 23.0 Å². The topological polar surface area (TPSA) is 43.2 Å². The zero-order valence-corrected chi connectivity index (χ0v) is 14.0. The summed E-state index contributed by atoms with van der Waals surface area (Å²) in [6, 6.07) is 11.5. The lowest BCUT2D eigenvalue weighted by Gasteiger charge is -2.36. The zero-order valence-electron chi connectivity index (χ0n) is 14.0. The van der Waals surface area contributed by atoms with Crippen LogP contribution in [0.5, 0.6) is 0 Å². The second-order valence-electron chi connectivity index (χ2n) is 6.56. The highest BCUT2D eigenvalue weighted by Gasteiger charge is 2.34. The molecule has 0 bridgehead atoms. The van der Waals surface area contributed by atoms with Gasteiger partial charge in [0.25, 0.3) is 5.96 Å². The normalized spacial score (nSPS) is 18.0. The zero-order chi connectivity index (χ0) is 17.0. The van der Waals surface area contributed by atoms with Crippen molar-refractivity contribution in [2.45, 2.75) is 19.8 Å². The third kappa shape index (κ3) is 2.06. The molecule has 0 aromatic heterocycles. The van der Waals surface area contributed by atoms with E-state index in [9.17, 15) is 4.39 Å². The summed E-state index contributed by atoms with van der Waals surface area (Å²) >= 11 is 0. The fourth-order valence-electron chi connectivity index (χ4n) is 3.92. The SMILES string of the molecule is Cc1cccc2c1CCCN2C1=NC2=NNCN2c2c(F)cccc21. The van der Waals surface area contributed by atoms with E-state index in [2.05, 4.69) is 40.5 Å². The van der Waals surface area contributed by atoms with Gasteiger partial charge in [0.1, 0.15) is 18.3 Å². The molecule has 0 saturated heterocycles. The Balaban J connectivity index is 1.71. The number of hydrogen-bond donors (Lipinski definition) is 1. The lowest BCUT2D eigenvalue weighted by atomic mass is 9.96. The molecular weight excluding hydrogens is 317 g/mol. The highest BCUT2D eigenvalue weighted by Crippen LogP contribution is 2.36.